The van der Waals surface area contributed by atoms with Crippen molar-refractivity contribution in [3.63, 3.8) is 0 Å². The molecule has 0 aliphatic heterocycles. The number of carbonyl (C=O) groups excluding carboxylic acids is 2. The topological polar surface area (TPSA) is 78.4 Å². The van der Waals surface area contributed by atoms with E-state index in [4.69, 9.17) is 5.11 Å². The summed E-state index contributed by atoms with van der Waals surface area (Å²) in [4.78, 5) is 22.0. The summed E-state index contributed by atoms with van der Waals surface area (Å²) >= 11 is 0. The summed E-state index contributed by atoms with van der Waals surface area (Å²) in [7, 11) is 0. The number of carbonyl (C=O) groups is 2. The first-order chi connectivity index (χ1) is 7.08. The van der Waals surface area contributed by atoms with Crippen molar-refractivity contribution in [3.8, 4) is 0 Å². The Balaban J connectivity index is 2.20. The highest BCUT2D eigenvalue weighted by Gasteiger charge is 2.37. The van der Waals surface area contributed by atoms with Crippen LogP contribution < -0.4 is 10.6 Å². The van der Waals surface area contributed by atoms with Crippen LogP contribution in [0.1, 0.15) is 32.6 Å². The van der Waals surface area contributed by atoms with Gasteiger partial charge in [0.05, 0.1) is 12.1 Å². The van der Waals surface area contributed by atoms with Crippen LogP contribution in [0.3, 0.4) is 0 Å². The minimum atomic E-state index is -0.382. The van der Waals surface area contributed by atoms with Gasteiger partial charge in [-0.1, -0.05) is 0 Å². The summed E-state index contributed by atoms with van der Waals surface area (Å²) in [6.45, 7) is 1.76. The van der Waals surface area contributed by atoms with E-state index in [2.05, 4.69) is 10.6 Å². The van der Waals surface area contributed by atoms with Crippen molar-refractivity contribution in [2.75, 3.05) is 13.2 Å². The van der Waals surface area contributed by atoms with E-state index in [0.29, 0.717) is 6.54 Å². The Morgan fingerprint density at radius 2 is 2.07 bits per heavy atom. The van der Waals surface area contributed by atoms with Gasteiger partial charge in [0, 0.05) is 19.9 Å². The number of hydrogen-bond donors (Lipinski definition) is 3. The quantitative estimate of drug-likeness (QED) is 0.579. The molecule has 15 heavy (non-hydrogen) atoms. The smallest absolute Gasteiger partial charge is 0.222 e. The van der Waals surface area contributed by atoms with Crippen molar-refractivity contribution in [2.45, 2.75) is 38.1 Å². The van der Waals surface area contributed by atoms with Crippen molar-refractivity contribution in [3.05, 3.63) is 0 Å². The van der Waals surface area contributed by atoms with Crippen LogP contribution in [0.4, 0.5) is 0 Å². The normalized spacial score (nSPS) is 17.7. The van der Waals surface area contributed by atoms with E-state index in [1.165, 1.54) is 6.92 Å². The molecule has 1 fully saturated rings. The fourth-order valence-corrected chi connectivity index (χ4v) is 1.64. The molecule has 86 valence electrons. The zero-order valence-corrected chi connectivity index (χ0v) is 9.01. The molecule has 1 aliphatic carbocycles. The second-order valence-corrected chi connectivity index (χ2v) is 4.07. The highest BCUT2D eigenvalue weighted by atomic mass is 16.3. The SMILES string of the molecule is CC(=O)NCCC(=O)NC1(CO)CCC1. The number of aliphatic hydroxyl groups is 1. The van der Waals surface area contributed by atoms with E-state index >= 15 is 0 Å². The third-order valence-electron chi connectivity index (χ3n) is 2.74. The summed E-state index contributed by atoms with van der Waals surface area (Å²) < 4.78 is 0. The van der Waals surface area contributed by atoms with Gasteiger partial charge in [-0.2, -0.15) is 0 Å². The van der Waals surface area contributed by atoms with Gasteiger partial charge in [0.2, 0.25) is 11.8 Å². The maximum Gasteiger partial charge on any atom is 0.222 e. The Kier molecular flexibility index (Phi) is 4.08. The molecule has 0 heterocycles. The second-order valence-electron chi connectivity index (χ2n) is 4.07. The Hall–Kier alpha value is -1.10. The van der Waals surface area contributed by atoms with Gasteiger partial charge in [0.15, 0.2) is 0 Å². The summed E-state index contributed by atoms with van der Waals surface area (Å²) in [6, 6.07) is 0. The molecule has 0 aromatic heterocycles. The monoisotopic (exact) mass is 214 g/mol. The molecule has 1 aliphatic rings. The van der Waals surface area contributed by atoms with Crippen LogP contribution >= 0.6 is 0 Å². The van der Waals surface area contributed by atoms with E-state index < -0.39 is 0 Å². The molecular formula is C10H18N2O3. The fourth-order valence-electron chi connectivity index (χ4n) is 1.64. The molecule has 0 unspecified atom stereocenters. The number of amides is 2. The molecule has 0 radical (unpaired) electrons. The lowest BCUT2D eigenvalue weighted by atomic mass is 9.77. The van der Waals surface area contributed by atoms with Crippen molar-refractivity contribution >= 4 is 11.8 Å². The third-order valence-corrected chi connectivity index (χ3v) is 2.74. The first-order valence-electron chi connectivity index (χ1n) is 5.24. The van der Waals surface area contributed by atoms with Crippen molar-refractivity contribution in [1.29, 1.82) is 0 Å². The molecule has 2 amide bonds. The molecule has 3 N–H and O–H groups in total. The Morgan fingerprint density at radius 1 is 1.40 bits per heavy atom. The van der Waals surface area contributed by atoms with Gasteiger partial charge < -0.3 is 15.7 Å². The number of rotatable bonds is 5. The lowest BCUT2D eigenvalue weighted by Crippen LogP contribution is -2.56. The Labute approximate surface area is 89.2 Å². The first-order valence-corrected chi connectivity index (χ1v) is 5.24. The minimum absolute atomic E-state index is 0.00111. The fraction of sp³-hybridized carbons (Fsp3) is 0.800. The maximum absolute atomic E-state index is 11.4. The lowest BCUT2D eigenvalue weighted by molar-refractivity contribution is -0.125. The highest BCUT2D eigenvalue weighted by molar-refractivity contribution is 5.78. The summed E-state index contributed by atoms with van der Waals surface area (Å²) in [5.41, 5.74) is -0.382. The molecule has 0 bridgehead atoms. The molecule has 0 saturated heterocycles. The Bertz CT molecular complexity index is 244. The molecule has 0 aromatic rings. The summed E-state index contributed by atoms with van der Waals surface area (Å²) in [5.74, 6) is -0.249. The van der Waals surface area contributed by atoms with Crippen LogP contribution in [0.5, 0.6) is 0 Å². The van der Waals surface area contributed by atoms with E-state index in [1.54, 1.807) is 0 Å². The predicted octanol–water partition coefficient (Wildman–Crippen LogP) is -0.456. The van der Waals surface area contributed by atoms with Gasteiger partial charge in [-0.05, 0) is 19.3 Å². The third kappa shape index (κ3) is 3.51. The molecule has 5 nitrogen and oxygen atoms in total. The van der Waals surface area contributed by atoms with Gasteiger partial charge in [0.1, 0.15) is 0 Å². The van der Waals surface area contributed by atoms with E-state index in [9.17, 15) is 9.59 Å². The molecule has 1 saturated carbocycles. The molecule has 5 heteroatoms. The number of nitrogens with one attached hydrogen (secondary N) is 2. The zero-order chi connectivity index (χ0) is 11.3. The molecule has 0 atom stereocenters. The van der Waals surface area contributed by atoms with Crippen molar-refractivity contribution in [2.24, 2.45) is 0 Å². The molecule has 0 aromatic carbocycles. The molecule has 1 rings (SSSR count). The van der Waals surface area contributed by atoms with Crippen LogP contribution in [0, 0.1) is 0 Å². The van der Waals surface area contributed by atoms with Crippen molar-refractivity contribution in [1.82, 2.24) is 10.6 Å². The lowest BCUT2D eigenvalue weighted by Gasteiger charge is -2.41. The standard InChI is InChI=1S/C10H18N2O3/c1-8(14)11-6-3-9(15)12-10(7-13)4-2-5-10/h13H,2-7H2,1H3,(H,11,14)(H,12,15). The Morgan fingerprint density at radius 3 is 2.47 bits per heavy atom. The highest BCUT2D eigenvalue weighted by Crippen LogP contribution is 2.31. The van der Waals surface area contributed by atoms with Gasteiger partial charge in [-0.25, -0.2) is 0 Å². The van der Waals surface area contributed by atoms with Gasteiger partial charge in [0.25, 0.3) is 0 Å². The van der Waals surface area contributed by atoms with Crippen LogP contribution in [-0.2, 0) is 9.59 Å². The second kappa shape index (κ2) is 5.11. The average molecular weight is 214 g/mol. The number of aliphatic hydroxyl groups excluding tert-OH is 1. The first kappa shape index (κ1) is 12.0. The predicted molar refractivity (Wildman–Crippen MR) is 55.1 cm³/mol. The molecule has 0 spiro atoms. The van der Waals surface area contributed by atoms with Gasteiger partial charge in [-0.15, -0.1) is 0 Å². The van der Waals surface area contributed by atoms with E-state index in [1.807, 2.05) is 0 Å². The summed E-state index contributed by atoms with van der Waals surface area (Å²) in [5, 5.41) is 14.5. The number of hydrogen-bond acceptors (Lipinski definition) is 3. The van der Waals surface area contributed by atoms with E-state index in [0.717, 1.165) is 19.3 Å². The maximum atomic E-state index is 11.4. The van der Waals surface area contributed by atoms with Crippen LogP contribution in [0.25, 0.3) is 0 Å². The summed E-state index contributed by atoms with van der Waals surface area (Å²) in [6.07, 6.45) is 3.00. The molecular weight excluding hydrogens is 196 g/mol. The van der Waals surface area contributed by atoms with Gasteiger partial charge >= 0.3 is 0 Å². The largest absolute Gasteiger partial charge is 0.394 e. The minimum Gasteiger partial charge on any atom is -0.394 e. The van der Waals surface area contributed by atoms with Crippen LogP contribution in [-0.4, -0.2) is 35.6 Å². The van der Waals surface area contributed by atoms with Crippen molar-refractivity contribution < 1.29 is 14.7 Å². The van der Waals surface area contributed by atoms with E-state index in [-0.39, 0.29) is 30.4 Å². The average Bonchev–Trinajstić information content (AvgIpc) is 2.11. The van der Waals surface area contributed by atoms with Gasteiger partial charge in [-0.3, -0.25) is 9.59 Å². The van der Waals surface area contributed by atoms with Crippen LogP contribution in [0.2, 0.25) is 0 Å². The van der Waals surface area contributed by atoms with Crippen LogP contribution in [0.15, 0.2) is 0 Å². The zero-order valence-electron chi connectivity index (χ0n) is 9.01.